The molecule has 1 aliphatic rings. The SMILES string of the molecule is CNC(Cc1ccccc1Br)CC1CCC1. The molecular formula is C14H20BrN. The number of hydrogen-bond donors (Lipinski definition) is 1. The summed E-state index contributed by atoms with van der Waals surface area (Å²) in [5.74, 6) is 0.972. The molecule has 1 saturated carbocycles. The van der Waals surface area contributed by atoms with Gasteiger partial charge >= 0.3 is 0 Å². The van der Waals surface area contributed by atoms with Crippen molar-refractivity contribution < 1.29 is 0 Å². The lowest BCUT2D eigenvalue weighted by Crippen LogP contribution is -2.32. The van der Waals surface area contributed by atoms with Crippen LogP contribution < -0.4 is 5.32 Å². The Hall–Kier alpha value is -0.340. The van der Waals surface area contributed by atoms with Crippen molar-refractivity contribution in [2.75, 3.05) is 7.05 Å². The molecule has 1 aromatic rings. The molecule has 0 saturated heterocycles. The number of nitrogens with one attached hydrogen (secondary N) is 1. The number of likely N-dealkylation sites (N-methyl/N-ethyl adjacent to an activating group) is 1. The van der Waals surface area contributed by atoms with Crippen LogP contribution in [0.15, 0.2) is 28.7 Å². The van der Waals surface area contributed by atoms with Crippen molar-refractivity contribution in [2.45, 2.75) is 38.1 Å². The van der Waals surface area contributed by atoms with Crippen LogP contribution in [0.25, 0.3) is 0 Å². The number of halogens is 1. The van der Waals surface area contributed by atoms with Gasteiger partial charge in [-0.3, -0.25) is 0 Å². The van der Waals surface area contributed by atoms with Gasteiger partial charge in [0.25, 0.3) is 0 Å². The van der Waals surface area contributed by atoms with Crippen LogP contribution in [0, 0.1) is 5.92 Å². The van der Waals surface area contributed by atoms with E-state index in [2.05, 4.69) is 52.6 Å². The first-order valence-corrected chi connectivity index (χ1v) is 6.99. The first-order valence-electron chi connectivity index (χ1n) is 6.20. The Morgan fingerprint density at radius 3 is 2.69 bits per heavy atom. The molecule has 0 aliphatic heterocycles. The zero-order valence-corrected chi connectivity index (χ0v) is 11.5. The summed E-state index contributed by atoms with van der Waals surface area (Å²) < 4.78 is 1.24. The summed E-state index contributed by atoms with van der Waals surface area (Å²) in [6.45, 7) is 0. The molecule has 88 valence electrons. The third kappa shape index (κ3) is 3.08. The van der Waals surface area contributed by atoms with Gasteiger partial charge in [0, 0.05) is 10.5 Å². The van der Waals surface area contributed by atoms with Gasteiger partial charge in [0.15, 0.2) is 0 Å². The molecule has 16 heavy (non-hydrogen) atoms. The summed E-state index contributed by atoms with van der Waals surface area (Å²) in [5.41, 5.74) is 1.42. The van der Waals surface area contributed by atoms with Crippen LogP contribution in [0.1, 0.15) is 31.2 Å². The van der Waals surface area contributed by atoms with Gasteiger partial charge in [0.2, 0.25) is 0 Å². The fourth-order valence-corrected chi connectivity index (χ4v) is 2.81. The minimum Gasteiger partial charge on any atom is -0.317 e. The van der Waals surface area contributed by atoms with E-state index in [-0.39, 0.29) is 0 Å². The Morgan fingerprint density at radius 2 is 2.12 bits per heavy atom. The van der Waals surface area contributed by atoms with E-state index in [9.17, 15) is 0 Å². The van der Waals surface area contributed by atoms with Crippen molar-refractivity contribution in [3.8, 4) is 0 Å². The van der Waals surface area contributed by atoms with Crippen molar-refractivity contribution in [3.63, 3.8) is 0 Å². The van der Waals surface area contributed by atoms with E-state index >= 15 is 0 Å². The Labute approximate surface area is 107 Å². The molecule has 0 radical (unpaired) electrons. The van der Waals surface area contributed by atoms with Crippen molar-refractivity contribution in [2.24, 2.45) is 5.92 Å². The molecule has 0 amide bonds. The first kappa shape index (κ1) is 12.1. The maximum atomic E-state index is 3.62. The Balaban J connectivity index is 1.92. The fraction of sp³-hybridized carbons (Fsp3) is 0.571. The standard InChI is InChI=1S/C14H20BrN/c1-16-13(9-11-5-4-6-11)10-12-7-2-3-8-14(12)15/h2-3,7-8,11,13,16H,4-6,9-10H2,1H3. The minimum absolute atomic E-state index is 0.629. The molecule has 2 rings (SSSR count). The lowest BCUT2D eigenvalue weighted by molar-refractivity contribution is 0.263. The molecule has 0 aromatic heterocycles. The number of rotatable bonds is 5. The molecule has 1 unspecified atom stereocenters. The average Bonchev–Trinajstić information content (AvgIpc) is 2.24. The van der Waals surface area contributed by atoms with E-state index in [4.69, 9.17) is 0 Å². The third-order valence-electron chi connectivity index (χ3n) is 3.67. The maximum absolute atomic E-state index is 3.62. The second kappa shape index (κ2) is 5.83. The second-order valence-electron chi connectivity index (χ2n) is 4.81. The first-order chi connectivity index (χ1) is 7.79. The topological polar surface area (TPSA) is 12.0 Å². The van der Waals surface area contributed by atoms with Crippen LogP contribution in [-0.4, -0.2) is 13.1 Å². The largest absolute Gasteiger partial charge is 0.317 e. The van der Waals surface area contributed by atoms with Gasteiger partial charge in [-0.25, -0.2) is 0 Å². The van der Waals surface area contributed by atoms with E-state index in [0.717, 1.165) is 12.3 Å². The van der Waals surface area contributed by atoms with Gasteiger partial charge in [0.05, 0.1) is 0 Å². The second-order valence-corrected chi connectivity index (χ2v) is 5.67. The molecule has 2 heteroatoms. The summed E-state index contributed by atoms with van der Waals surface area (Å²) >= 11 is 3.62. The summed E-state index contributed by atoms with van der Waals surface area (Å²) in [7, 11) is 2.08. The summed E-state index contributed by atoms with van der Waals surface area (Å²) in [6, 6.07) is 9.17. The van der Waals surface area contributed by atoms with Gasteiger partial charge in [-0.1, -0.05) is 53.4 Å². The molecule has 1 fully saturated rings. The van der Waals surface area contributed by atoms with Crippen molar-refractivity contribution >= 4 is 15.9 Å². The highest BCUT2D eigenvalue weighted by atomic mass is 79.9. The summed E-state index contributed by atoms with van der Waals surface area (Å²) in [4.78, 5) is 0. The van der Waals surface area contributed by atoms with Gasteiger partial charge in [0.1, 0.15) is 0 Å². The normalized spacial score (nSPS) is 18.1. The van der Waals surface area contributed by atoms with Crippen LogP contribution in [0.5, 0.6) is 0 Å². The molecule has 0 heterocycles. The van der Waals surface area contributed by atoms with E-state index in [1.165, 1.54) is 35.7 Å². The Bertz CT molecular complexity index is 333. The Kier molecular flexibility index (Phi) is 4.42. The van der Waals surface area contributed by atoms with Crippen LogP contribution >= 0.6 is 15.9 Å². The molecular weight excluding hydrogens is 262 g/mol. The van der Waals surface area contributed by atoms with Gasteiger partial charge < -0.3 is 5.32 Å². The molecule has 1 nitrogen and oxygen atoms in total. The van der Waals surface area contributed by atoms with Crippen molar-refractivity contribution in [1.82, 2.24) is 5.32 Å². The molecule has 1 atom stereocenters. The fourth-order valence-electron chi connectivity index (χ4n) is 2.36. The molecule has 1 aliphatic carbocycles. The molecule has 1 N–H and O–H groups in total. The molecule has 0 spiro atoms. The lowest BCUT2D eigenvalue weighted by atomic mass is 9.80. The quantitative estimate of drug-likeness (QED) is 0.867. The van der Waals surface area contributed by atoms with Crippen LogP contribution in [0.3, 0.4) is 0 Å². The van der Waals surface area contributed by atoms with Crippen molar-refractivity contribution in [3.05, 3.63) is 34.3 Å². The molecule has 1 aromatic carbocycles. The predicted molar refractivity (Wildman–Crippen MR) is 72.7 cm³/mol. The van der Waals surface area contributed by atoms with Crippen LogP contribution in [-0.2, 0) is 6.42 Å². The maximum Gasteiger partial charge on any atom is 0.0207 e. The predicted octanol–water partition coefficient (Wildman–Crippen LogP) is 3.77. The smallest absolute Gasteiger partial charge is 0.0207 e. The zero-order chi connectivity index (χ0) is 11.4. The summed E-state index contributed by atoms with van der Waals surface area (Å²) in [5, 5.41) is 3.46. The minimum atomic E-state index is 0.629. The monoisotopic (exact) mass is 281 g/mol. The Morgan fingerprint density at radius 1 is 1.38 bits per heavy atom. The highest BCUT2D eigenvalue weighted by Gasteiger charge is 2.21. The summed E-state index contributed by atoms with van der Waals surface area (Å²) in [6.07, 6.45) is 6.78. The lowest BCUT2D eigenvalue weighted by Gasteiger charge is -2.29. The highest BCUT2D eigenvalue weighted by molar-refractivity contribution is 9.10. The number of hydrogen-bond acceptors (Lipinski definition) is 1. The van der Waals surface area contributed by atoms with E-state index in [0.29, 0.717) is 6.04 Å². The third-order valence-corrected chi connectivity index (χ3v) is 4.45. The van der Waals surface area contributed by atoms with Crippen LogP contribution in [0.4, 0.5) is 0 Å². The zero-order valence-electron chi connectivity index (χ0n) is 9.88. The van der Waals surface area contributed by atoms with Crippen molar-refractivity contribution in [1.29, 1.82) is 0 Å². The van der Waals surface area contributed by atoms with Gasteiger partial charge in [-0.15, -0.1) is 0 Å². The highest BCUT2D eigenvalue weighted by Crippen LogP contribution is 2.31. The van der Waals surface area contributed by atoms with Crippen LogP contribution in [0.2, 0.25) is 0 Å². The number of benzene rings is 1. The van der Waals surface area contributed by atoms with E-state index in [1.54, 1.807) is 0 Å². The average molecular weight is 282 g/mol. The van der Waals surface area contributed by atoms with E-state index in [1.807, 2.05) is 0 Å². The molecule has 0 bridgehead atoms. The van der Waals surface area contributed by atoms with Gasteiger partial charge in [-0.05, 0) is 37.4 Å². The van der Waals surface area contributed by atoms with E-state index < -0.39 is 0 Å². The van der Waals surface area contributed by atoms with Gasteiger partial charge in [-0.2, -0.15) is 0 Å².